The van der Waals surface area contributed by atoms with E-state index < -0.39 is 0 Å². The van der Waals surface area contributed by atoms with Gasteiger partial charge in [-0.1, -0.05) is 25.3 Å². The van der Waals surface area contributed by atoms with Crippen molar-refractivity contribution in [3.05, 3.63) is 29.3 Å². The number of nitrogens with one attached hydrogen (secondary N) is 1. The van der Waals surface area contributed by atoms with Crippen molar-refractivity contribution in [2.75, 3.05) is 19.0 Å². The first kappa shape index (κ1) is 21.7. The standard InChI is InChI=1S/C19H29N3O2.HI/c1-24-18(23)10-5-3-2-4-6-13-21-19(20)22-17-12-11-15-8-7-9-16(15)14-17;/h11-12,14H,2-10,13H2,1H3,(H3,20,21,22);1H. The second-order valence-corrected chi connectivity index (χ2v) is 6.32. The van der Waals surface area contributed by atoms with Crippen molar-refractivity contribution in [3.8, 4) is 0 Å². The number of halogens is 1. The first-order chi connectivity index (χ1) is 11.7. The molecule has 0 spiro atoms. The van der Waals surface area contributed by atoms with Crippen LogP contribution in [0.2, 0.25) is 0 Å². The van der Waals surface area contributed by atoms with Crippen LogP contribution in [0.5, 0.6) is 0 Å². The van der Waals surface area contributed by atoms with Gasteiger partial charge in [-0.3, -0.25) is 9.79 Å². The first-order valence-corrected chi connectivity index (χ1v) is 8.94. The fraction of sp³-hybridized carbons (Fsp3) is 0.579. The van der Waals surface area contributed by atoms with Crippen LogP contribution in [-0.4, -0.2) is 25.6 Å². The quantitative estimate of drug-likeness (QED) is 0.192. The molecule has 0 amide bonds. The van der Waals surface area contributed by atoms with E-state index in [9.17, 15) is 4.79 Å². The molecule has 3 N–H and O–H groups in total. The second kappa shape index (κ2) is 12.1. The van der Waals surface area contributed by atoms with Crippen molar-refractivity contribution in [3.63, 3.8) is 0 Å². The molecule has 6 heteroatoms. The Hall–Kier alpha value is -1.31. The number of anilines is 1. The Balaban J connectivity index is 0.00000312. The normalized spacial score (nSPS) is 13.1. The summed E-state index contributed by atoms with van der Waals surface area (Å²) in [5.74, 6) is 0.364. The summed E-state index contributed by atoms with van der Waals surface area (Å²) in [6.07, 6.45) is 9.33. The van der Waals surface area contributed by atoms with Crippen LogP contribution in [-0.2, 0) is 22.4 Å². The largest absolute Gasteiger partial charge is 0.469 e. The van der Waals surface area contributed by atoms with E-state index in [4.69, 9.17) is 5.73 Å². The van der Waals surface area contributed by atoms with Gasteiger partial charge in [0, 0.05) is 18.7 Å². The Morgan fingerprint density at radius 1 is 1.16 bits per heavy atom. The molecule has 1 aliphatic rings. The number of hydrogen-bond donors (Lipinski definition) is 2. The average Bonchev–Trinajstić information content (AvgIpc) is 3.04. The lowest BCUT2D eigenvalue weighted by molar-refractivity contribution is -0.140. The first-order valence-electron chi connectivity index (χ1n) is 8.94. The predicted molar refractivity (Wildman–Crippen MR) is 114 cm³/mol. The number of unbranched alkanes of at least 4 members (excludes halogenated alkanes) is 4. The molecule has 5 nitrogen and oxygen atoms in total. The molecule has 1 aliphatic carbocycles. The summed E-state index contributed by atoms with van der Waals surface area (Å²) in [5.41, 5.74) is 9.87. The Bertz CT molecular complexity index is 576. The number of guanidine groups is 1. The van der Waals surface area contributed by atoms with Crippen LogP contribution in [0.4, 0.5) is 5.69 Å². The Kier molecular flexibility index (Phi) is 10.5. The van der Waals surface area contributed by atoms with E-state index in [1.807, 2.05) is 0 Å². The van der Waals surface area contributed by atoms with Crippen molar-refractivity contribution in [1.82, 2.24) is 0 Å². The zero-order valence-corrected chi connectivity index (χ0v) is 17.4. The van der Waals surface area contributed by atoms with E-state index in [2.05, 4.69) is 33.2 Å². The lowest BCUT2D eigenvalue weighted by Gasteiger charge is -2.08. The molecule has 0 bridgehead atoms. The van der Waals surface area contributed by atoms with Crippen molar-refractivity contribution in [2.45, 2.75) is 57.8 Å². The van der Waals surface area contributed by atoms with Crippen molar-refractivity contribution >= 4 is 41.6 Å². The van der Waals surface area contributed by atoms with Crippen molar-refractivity contribution in [2.24, 2.45) is 10.7 Å². The Labute approximate surface area is 167 Å². The molecule has 2 rings (SSSR count). The van der Waals surface area contributed by atoms with Crippen LogP contribution in [0.15, 0.2) is 23.2 Å². The van der Waals surface area contributed by atoms with Gasteiger partial charge in [0.05, 0.1) is 7.11 Å². The van der Waals surface area contributed by atoms with Gasteiger partial charge >= 0.3 is 5.97 Å². The maximum Gasteiger partial charge on any atom is 0.305 e. The zero-order chi connectivity index (χ0) is 17.2. The number of aliphatic imine (C=N–C) groups is 1. The molecule has 1 aromatic rings. The summed E-state index contributed by atoms with van der Waals surface area (Å²) in [6, 6.07) is 6.45. The van der Waals surface area contributed by atoms with Gasteiger partial charge in [-0.05, 0) is 55.4 Å². The fourth-order valence-electron chi connectivity index (χ4n) is 3.05. The topological polar surface area (TPSA) is 76.7 Å². The maximum atomic E-state index is 11.0. The monoisotopic (exact) mass is 459 g/mol. The predicted octanol–water partition coefficient (Wildman–Crippen LogP) is 4.03. The number of carbonyl (C=O) groups excluding carboxylic acids is 1. The summed E-state index contributed by atoms with van der Waals surface area (Å²) in [4.78, 5) is 15.4. The third kappa shape index (κ3) is 8.07. The number of methoxy groups -OCH3 is 1. The summed E-state index contributed by atoms with van der Waals surface area (Å²) in [5, 5.41) is 3.18. The van der Waals surface area contributed by atoms with Crippen LogP contribution in [0.3, 0.4) is 0 Å². The van der Waals surface area contributed by atoms with Gasteiger partial charge < -0.3 is 15.8 Å². The van der Waals surface area contributed by atoms with Gasteiger partial charge in [0.25, 0.3) is 0 Å². The number of benzene rings is 1. The number of ether oxygens (including phenoxy) is 1. The minimum absolute atomic E-state index is 0. The molecule has 140 valence electrons. The van der Waals surface area contributed by atoms with Crippen LogP contribution < -0.4 is 11.1 Å². The highest BCUT2D eigenvalue weighted by atomic mass is 127. The van der Waals surface area contributed by atoms with E-state index in [0.717, 1.165) is 50.8 Å². The molecule has 0 radical (unpaired) electrons. The molecular weight excluding hydrogens is 429 g/mol. The third-order valence-corrected chi connectivity index (χ3v) is 4.42. The van der Waals surface area contributed by atoms with Gasteiger partial charge in [0.15, 0.2) is 5.96 Å². The maximum absolute atomic E-state index is 11.0. The number of fused-ring (bicyclic) bond motifs is 1. The third-order valence-electron chi connectivity index (χ3n) is 4.42. The number of carbonyl (C=O) groups is 1. The summed E-state index contributed by atoms with van der Waals surface area (Å²) < 4.78 is 4.62. The SMILES string of the molecule is COC(=O)CCCCCCCN=C(N)Nc1ccc2c(c1)CCC2.I. The van der Waals surface area contributed by atoms with E-state index in [1.54, 1.807) is 0 Å². The number of rotatable bonds is 9. The number of hydrogen-bond acceptors (Lipinski definition) is 3. The molecule has 0 saturated heterocycles. The highest BCUT2D eigenvalue weighted by molar-refractivity contribution is 14.0. The van der Waals surface area contributed by atoms with Crippen molar-refractivity contribution < 1.29 is 9.53 Å². The van der Waals surface area contributed by atoms with E-state index >= 15 is 0 Å². The van der Waals surface area contributed by atoms with Gasteiger partial charge in [0.1, 0.15) is 0 Å². The van der Waals surface area contributed by atoms with Gasteiger partial charge in [0.2, 0.25) is 0 Å². The van der Waals surface area contributed by atoms with E-state index in [-0.39, 0.29) is 29.9 Å². The van der Waals surface area contributed by atoms with Gasteiger partial charge in [-0.2, -0.15) is 0 Å². The zero-order valence-electron chi connectivity index (χ0n) is 15.1. The molecule has 0 atom stereocenters. The van der Waals surface area contributed by atoms with E-state index in [1.165, 1.54) is 31.1 Å². The molecule has 25 heavy (non-hydrogen) atoms. The lowest BCUT2D eigenvalue weighted by Crippen LogP contribution is -2.22. The van der Waals surface area contributed by atoms with Gasteiger partial charge in [-0.25, -0.2) is 0 Å². The molecule has 0 fully saturated rings. The summed E-state index contributed by atoms with van der Waals surface area (Å²) in [6.45, 7) is 0.737. The molecule has 0 unspecified atom stereocenters. The minimum atomic E-state index is -0.120. The molecule has 1 aromatic carbocycles. The van der Waals surface area contributed by atoms with Crippen LogP contribution >= 0.6 is 24.0 Å². The Morgan fingerprint density at radius 3 is 2.68 bits per heavy atom. The number of esters is 1. The highest BCUT2D eigenvalue weighted by Gasteiger charge is 2.10. The molecule has 0 aliphatic heterocycles. The smallest absolute Gasteiger partial charge is 0.305 e. The summed E-state index contributed by atoms with van der Waals surface area (Å²) in [7, 11) is 1.43. The second-order valence-electron chi connectivity index (χ2n) is 6.32. The fourth-order valence-corrected chi connectivity index (χ4v) is 3.05. The van der Waals surface area contributed by atoms with Crippen LogP contribution in [0.1, 0.15) is 56.1 Å². The molecular formula is C19H30IN3O2. The van der Waals surface area contributed by atoms with E-state index in [0.29, 0.717) is 12.4 Å². The molecule has 0 heterocycles. The van der Waals surface area contributed by atoms with Gasteiger partial charge in [-0.15, -0.1) is 24.0 Å². The lowest BCUT2D eigenvalue weighted by atomic mass is 10.1. The highest BCUT2D eigenvalue weighted by Crippen LogP contribution is 2.24. The van der Waals surface area contributed by atoms with Crippen molar-refractivity contribution in [1.29, 1.82) is 0 Å². The van der Waals surface area contributed by atoms with Crippen LogP contribution in [0.25, 0.3) is 0 Å². The minimum Gasteiger partial charge on any atom is -0.469 e. The average molecular weight is 459 g/mol. The number of nitrogens with zero attached hydrogens (tertiary/aromatic N) is 1. The summed E-state index contributed by atoms with van der Waals surface area (Å²) >= 11 is 0. The van der Waals surface area contributed by atoms with Crippen LogP contribution in [0, 0.1) is 0 Å². The number of nitrogens with two attached hydrogens (primary N) is 1. The Morgan fingerprint density at radius 2 is 1.88 bits per heavy atom. The molecule has 0 saturated carbocycles. The molecule has 0 aromatic heterocycles. The number of aryl methyl sites for hydroxylation is 2.